The van der Waals surface area contributed by atoms with Crippen LogP contribution < -0.4 is 10.2 Å². The summed E-state index contributed by atoms with van der Waals surface area (Å²) < 4.78 is 5.75. The highest BCUT2D eigenvalue weighted by Crippen LogP contribution is 2.30. The van der Waals surface area contributed by atoms with Crippen molar-refractivity contribution in [2.24, 2.45) is 0 Å². The van der Waals surface area contributed by atoms with Gasteiger partial charge in [-0.05, 0) is 33.4 Å². The van der Waals surface area contributed by atoms with Gasteiger partial charge in [0.25, 0.3) is 0 Å². The van der Waals surface area contributed by atoms with Crippen LogP contribution in [0.3, 0.4) is 0 Å². The minimum atomic E-state index is 0.164. The largest absolute Gasteiger partial charge is 0.508 e. The predicted molar refractivity (Wildman–Crippen MR) is 82.4 cm³/mol. The van der Waals surface area contributed by atoms with Gasteiger partial charge in [0.2, 0.25) is 0 Å². The molecular formula is C16H26N2O2. The third kappa shape index (κ3) is 3.44. The summed E-state index contributed by atoms with van der Waals surface area (Å²) in [6, 6.07) is 6.14. The number of aromatic hydroxyl groups is 1. The van der Waals surface area contributed by atoms with Crippen LogP contribution >= 0.6 is 0 Å². The first-order chi connectivity index (χ1) is 9.51. The Morgan fingerprint density at radius 2 is 2.00 bits per heavy atom. The van der Waals surface area contributed by atoms with Crippen molar-refractivity contribution in [3.05, 3.63) is 23.8 Å². The van der Waals surface area contributed by atoms with Gasteiger partial charge in [0, 0.05) is 36.4 Å². The van der Waals surface area contributed by atoms with E-state index in [1.165, 1.54) is 0 Å². The number of rotatable bonds is 4. The minimum absolute atomic E-state index is 0.164. The number of morpholine rings is 1. The van der Waals surface area contributed by atoms with Gasteiger partial charge in [0.15, 0.2) is 0 Å². The Kier molecular flexibility index (Phi) is 4.89. The predicted octanol–water partition coefficient (Wildman–Crippen LogP) is 2.68. The lowest BCUT2D eigenvalue weighted by atomic mass is 10.1. The van der Waals surface area contributed by atoms with Crippen LogP contribution in [0.1, 0.15) is 39.3 Å². The van der Waals surface area contributed by atoms with E-state index in [4.69, 9.17) is 4.74 Å². The molecule has 0 spiro atoms. The first-order valence-corrected chi connectivity index (χ1v) is 7.48. The quantitative estimate of drug-likeness (QED) is 0.889. The molecule has 0 aromatic heterocycles. The Bertz CT molecular complexity index is 440. The normalized spacial score (nSPS) is 24.7. The van der Waals surface area contributed by atoms with E-state index in [0.29, 0.717) is 5.75 Å². The maximum absolute atomic E-state index is 10.3. The van der Waals surface area contributed by atoms with Gasteiger partial charge < -0.3 is 20.1 Å². The molecule has 1 fully saturated rings. The average molecular weight is 278 g/mol. The van der Waals surface area contributed by atoms with Crippen molar-refractivity contribution >= 4 is 5.69 Å². The summed E-state index contributed by atoms with van der Waals surface area (Å²) >= 11 is 0. The molecule has 4 heteroatoms. The molecule has 112 valence electrons. The van der Waals surface area contributed by atoms with Gasteiger partial charge in [0.1, 0.15) is 5.75 Å². The fourth-order valence-corrected chi connectivity index (χ4v) is 2.90. The summed E-state index contributed by atoms with van der Waals surface area (Å²) in [6.07, 6.45) is 0.447. The van der Waals surface area contributed by atoms with Crippen molar-refractivity contribution in [2.75, 3.05) is 24.5 Å². The Balaban J connectivity index is 2.16. The third-order valence-electron chi connectivity index (χ3n) is 3.78. The van der Waals surface area contributed by atoms with Crippen LogP contribution in [-0.4, -0.2) is 36.9 Å². The highest BCUT2D eigenvalue weighted by Gasteiger charge is 2.23. The molecule has 0 saturated carbocycles. The summed E-state index contributed by atoms with van der Waals surface area (Å²) in [6.45, 7) is 10.9. The van der Waals surface area contributed by atoms with Gasteiger partial charge in [-0.2, -0.15) is 0 Å². The average Bonchev–Trinajstić information content (AvgIpc) is 2.37. The Hall–Kier alpha value is -1.26. The number of hydrogen-bond donors (Lipinski definition) is 2. The van der Waals surface area contributed by atoms with Crippen LogP contribution in [0.5, 0.6) is 5.75 Å². The number of nitrogens with zero attached hydrogens (tertiary/aromatic N) is 1. The zero-order valence-corrected chi connectivity index (χ0v) is 12.9. The summed E-state index contributed by atoms with van der Waals surface area (Å²) in [7, 11) is 0. The molecule has 1 aliphatic rings. The Morgan fingerprint density at radius 1 is 1.35 bits per heavy atom. The molecule has 3 unspecified atom stereocenters. The minimum Gasteiger partial charge on any atom is -0.508 e. The molecule has 1 aromatic carbocycles. The molecule has 0 radical (unpaired) electrons. The highest BCUT2D eigenvalue weighted by molar-refractivity contribution is 5.54. The fraction of sp³-hybridized carbons (Fsp3) is 0.625. The molecular weight excluding hydrogens is 252 g/mol. The number of phenols is 1. The molecule has 4 nitrogen and oxygen atoms in total. The fourth-order valence-electron chi connectivity index (χ4n) is 2.90. The van der Waals surface area contributed by atoms with E-state index in [2.05, 4.69) is 44.0 Å². The van der Waals surface area contributed by atoms with Crippen molar-refractivity contribution in [3.8, 4) is 5.75 Å². The monoisotopic (exact) mass is 278 g/mol. The molecule has 1 aromatic rings. The number of nitrogens with one attached hydrogen (secondary N) is 1. The topological polar surface area (TPSA) is 44.7 Å². The first kappa shape index (κ1) is 15.1. The molecule has 3 atom stereocenters. The smallest absolute Gasteiger partial charge is 0.122 e. The SMILES string of the molecule is CCNC(C)c1ccc(N2CC(C)OC(C)C2)cc1O. The van der Waals surface area contributed by atoms with E-state index in [-0.39, 0.29) is 18.2 Å². The standard InChI is InChI=1S/C16H26N2O2/c1-5-17-13(4)15-7-6-14(8-16(15)19)18-9-11(2)20-12(3)10-18/h6-8,11-13,17,19H,5,9-10H2,1-4H3. The van der Waals surface area contributed by atoms with E-state index in [1.54, 1.807) is 0 Å². The Labute approximate surface area is 121 Å². The van der Waals surface area contributed by atoms with Gasteiger partial charge >= 0.3 is 0 Å². The van der Waals surface area contributed by atoms with Crippen molar-refractivity contribution in [2.45, 2.75) is 45.9 Å². The van der Waals surface area contributed by atoms with Crippen LogP contribution in [0.2, 0.25) is 0 Å². The summed E-state index contributed by atoms with van der Waals surface area (Å²) in [4.78, 5) is 2.28. The van der Waals surface area contributed by atoms with E-state index in [9.17, 15) is 5.11 Å². The summed E-state index contributed by atoms with van der Waals surface area (Å²) in [5, 5.41) is 13.6. The maximum Gasteiger partial charge on any atom is 0.122 e. The van der Waals surface area contributed by atoms with Gasteiger partial charge in [0.05, 0.1) is 12.2 Å². The lowest BCUT2D eigenvalue weighted by Crippen LogP contribution is -2.45. The highest BCUT2D eigenvalue weighted by atomic mass is 16.5. The van der Waals surface area contributed by atoms with Crippen molar-refractivity contribution in [3.63, 3.8) is 0 Å². The molecule has 0 aliphatic carbocycles. The number of ether oxygens (including phenoxy) is 1. The molecule has 2 N–H and O–H groups in total. The first-order valence-electron chi connectivity index (χ1n) is 7.48. The van der Waals surface area contributed by atoms with Crippen LogP contribution in [0.15, 0.2) is 18.2 Å². The van der Waals surface area contributed by atoms with Crippen LogP contribution in [-0.2, 0) is 4.74 Å². The van der Waals surface area contributed by atoms with E-state index < -0.39 is 0 Å². The zero-order chi connectivity index (χ0) is 14.7. The summed E-state index contributed by atoms with van der Waals surface area (Å²) in [5.74, 6) is 0.364. The van der Waals surface area contributed by atoms with Crippen molar-refractivity contribution in [1.29, 1.82) is 0 Å². The van der Waals surface area contributed by atoms with E-state index in [1.807, 2.05) is 12.1 Å². The van der Waals surface area contributed by atoms with E-state index in [0.717, 1.165) is 30.9 Å². The van der Waals surface area contributed by atoms with Crippen molar-refractivity contribution < 1.29 is 9.84 Å². The number of anilines is 1. The number of hydrogen-bond acceptors (Lipinski definition) is 4. The van der Waals surface area contributed by atoms with Gasteiger partial charge in [-0.1, -0.05) is 13.0 Å². The lowest BCUT2D eigenvalue weighted by Gasteiger charge is -2.37. The molecule has 2 rings (SSSR count). The van der Waals surface area contributed by atoms with Crippen LogP contribution in [0.4, 0.5) is 5.69 Å². The molecule has 0 amide bonds. The molecule has 0 bridgehead atoms. The molecule has 1 saturated heterocycles. The maximum atomic E-state index is 10.3. The van der Waals surface area contributed by atoms with Crippen LogP contribution in [0.25, 0.3) is 0 Å². The van der Waals surface area contributed by atoms with Gasteiger partial charge in [-0.3, -0.25) is 0 Å². The second kappa shape index (κ2) is 6.46. The third-order valence-corrected chi connectivity index (χ3v) is 3.78. The Morgan fingerprint density at radius 3 is 2.55 bits per heavy atom. The van der Waals surface area contributed by atoms with Gasteiger partial charge in [-0.15, -0.1) is 0 Å². The van der Waals surface area contributed by atoms with E-state index >= 15 is 0 Å². The zero-order valence-electron chi connectivity index (χ0n) is 12.9. The second-order valence-corrected chi connectivity index (χ2v) is 5.68. The molecule has 1 aliphatic heterocycles. The second-order valence-electron chi connectivity index (χ2n) is 5.68. The lowest BCUT2D eigenvalue weighted by molar-refractivity contribution is -0.00523. The number of phenolic OH excluding ortho intramolecular Hbond substituents is 1. The molecule has 1 heterocycles. The molecule has 20 heavy (non-hydrogen) atoms. The van der Waals surface area contributed by atoms with Crippen LogP contribution in [0, 0.1) is 0 Å². The number of benzene rings is 1. The van der Waals surface area contributed by atoms with Gasteiger partial charge in [-0.25, -0.2) is 0 Å². The summed E-state index contributed by atoms with van der Waals surface area (Å²) in [5.41, 5.74) is 2.02. The van der Waals surface area contributed by atoms with Crippen molar-refractivity contribution in [1.82, 2.24) is 5.32 Å².